The monoisotopic (exact) mass is 192 g/mol. The Balaban J connectivity index is 0.000000791. The van der Waals surface area contributed by atoms with Crippen LogP contribution in [0.5, 0.6) is 0 Å². The van der Waals surface area contributed by atoms with Crippen molar-refractivity contribution in [3.05, 3.63) is 42.0 Å². The van der Waals surface area contributed by atoms with Crippen LogP contribution in [0.25, 0.3) is 6.08 Å². The summed E-state index contributed by atoms with van der Waals surface area (Å²) in [5.41, 5.74) is 1.82. The molecule has 2 nitrogen and oxygen atoms in total. The molecule has 1 rings (SSSR count). The highest BCUT2D eigenvalue weighted by atomic mass is 16.4. The predicted molar refractivity (Wildman–Crippen MR) is 59.2 cm³/mol. The minimum absolute atomic E-state index is 0.0808. The largest absolute Gasteiger partial charge is 0.481 e. The second-order valence-electron chi connectivity index (χ2n) is 2.52. The number of carbonyl (C=O) groups is 1. The first-order valence-electron chi connectivity index (χ1n) is 4.65. The molecule has 0 saturated heterocycles. The van der Waals surface area contributed by atoms with E-state index in [4.69, 9.17) is 5.11 Å². The van der Waals surface area contributed by atoms with Crippen LogP contribution in [0.4, 0.5) is 0 Å². The van der Waals surface area contributed by atoms with Gasteiger partial charge in [0, 0.05) is 0 Å². The molecule has 0 fully saturated rings. The summed E-state index contributed by atoms with van der Waals surface area (Å²) >= 11 is 0. The third-order valence-corrected chi connectivity index (χ3v) is 1.57. The molecule has 0 radical (unpaired) electrons. The van der Waals surface area contributed by atoms with E-state index in [1.165, 1.54) is 0 Å². The van der Waals surface area contributed by atoms with E-state index in [1.54, 1.807) is 18.2 Å². The van der Waals surface area contributed by atoms with Crippen LogP contribution in [-0.2, 0) is 11.2 Å². The Bertz CT molecular complexity index is 286. The van der Waals surface area contributed by atoms with Gasteiger partial charge in [-0.1, -0.05) is 50.8 Å². The van der Waals surface area contributed by atoms with E-state index in [2.05, 4.69) is 6.58 Å². The Labute approximate surface area is 84.9 Å². The number of hydrogen-bond acceptors (Lipinski definition) is 1. The Kier molecular flexibility index (Phi) is 6.12. The highest BCUT2D eigenvalue weighted by Gasteiger charge is 1.98. The van der Waals surface area contributed by atoms with E-state index >= 15 is 0 Å². The van der Waals surface area contributed by atoms with E-state index in [1.807, 2.05) is 26.0 Å². The van der Waals surface area contributed by atoms with E-state index in [9.17, 15) is 4.79 Å². The van der Waals surface area contributed by atoms with Crippen LogP contribution in [0.1, 0.15) is 25.0 Å². The number of carboxylic acid groups (broad SMARTS) is 1. The van der Waals surface area contributed by atoms with Crippen molar-refractivity contribution in [3.63, 3.8) is 0 Å². The van der Waals surface area contributed by atoms with Crippen LogP contribution in [0, 0.1) is 0 Å². The molecule has 1 aromatic rings. The fourth-order valence-electron chi connectivity index (χ4n) is 0.946. The summed E-state index contributed by atoms with van der Waals surface area (Å²) in [6.45, 7) is 7.61. The molecule has 0 spiro atoms. The summed E-state index contributed by atoms with van der Waals surface area (Å²) in [7, 11) is 0. The maximum Gasteiger partial charge on any atom is 0.307 e. The predicted octanol–water partition coefficient (Wildman–Crippen LogP) is 2.98. The fourth-order valence-corrected chi connectivity index (χ4v) is 0.946. The lowest BCUT2D eigenvalue weighted by molar-refractivity contribution is -0.136. The van der Waals surface area contributed by atoms with Crippen molar-refractivity contribution in [3.8, 4) is 0 Å². The molecule has 0 aliphatic heterocycles. The summed E-state index contributed by atoms with van der Waals surface area (Å²) in [6, 6.07) is 7.30. The molecule has 0 aliphatic carbocycles. The normalized spacial score (nSPS) is 8.43. The van der Waals surface area contributed by atoms with Crippen LogP contribution in [0.2, 0.25) is 0 Å². The van der Waals surface area contributed by atoms with Crippen molar-refractivity contribution in [1.82, 2.24) is 0 Å². The zero-order chi connectivity index (χ0) is 11.0. The van der Waals surface area contributed by atoms with E-state index in [0.29, 0.717) is 0 Å². The maximum atomic E-state index is 10.3. The van der Waals surface area contributed by atoms with Gasteiger partial charge in [-0.15, -0.1) is 0 Å². The average molecular weight is 192 g/mol. The molecule has 1 N–H and O–H groups in total. The number of rotatable bonds is 3. The first kappa shape index (κ1) is 12.4. The number of benzene rings is 1. The fraction of sp³-hybridized carbons (Fsp3) is 0.250. The minimum Gasteiger partial charge on any atom is -0.481 e. The van der Waals surface area contributed by atoms with Gasteiger partial charge < -0.3 is 5.11 Å². The van der Waals surface area contributed by atoms with Crippen LogP contribution < -0.4 is 0 Å². The third-order valence-electron chi connectivity index (χ3n) is 1.57. The maximum absolute atomic E-state index is 10.3. The van der Waals surface area contributed by atoms with Crippen molar-refractivity contribution >= 4 is 12.0 Å². The second kappa shape index (κ2) is 6.89. The highest BCUT2D eigenvalue weighted by molar-refractivity contribution is 5.70. The number of carboxylic acids is 1. The molecule has 14 heavy (non-hydrogen) atoms. The Morgan fingerprint density at radius 2 is 1.86 bits per heavy atom. The van der Waals surface area contributed by atoms with Crippen LogP contribution in [0.15, 0.2) is 30.8 Å². The lowest BCUT2D eigenvalue weighted by Gasteiger charge is -1.96. The molecule has 1 aromatic carbocycles. The number of hydrogen-bond donors (Lipinski definition) is 1. The smallest absolute Gasteiger partial charge is 0.307 e. The second-order valence-corrected chi connectivity index (χ2v) is 2.52. The van der Waals surface area contributed by atoms with Crippen LogP contribution in [-0.4, -0.2) is 11.1 Å². The molecule has 0 aliphatic rings. The standard InChI is InChI=1S/C10H10O2.C2H6/c1-2-8-3-5-9(6-4-8)7-10(11)12;1-2/h2-6H,1,7H2,(H,11,12);1-2H3. The third kappa shape index (κ3) is 4.45. The molecule has 0 bridgehead atoms. The summed E-state index contributed by atoms with van der Waals surface area (Å²) in [6.07, 6.45) is 1.81. The van der Waals surface area contributed by atoms with Crippen molar-refractivity contribution in [2.24, 2.45) is 0 Å². The van der Waals surface area contributed by atoms with Gasteiger partial charge in [0.2, 0.25) is 0 Å². The first-order valence-corrected chi connectivity index (χ1v) is 4.65. The topological polar surface area (TPSA) is 37.3 Å². The first-order chi connectivity index (χ1) is 6.72. The van der Waals surface area contributed by atoms with E-state index in [0.717, 1.165) is 11.1 Å². The van der Waals surface area contributed by atoms with Gasteiger partial charge in [0.25, 0.3) is 0 Å². The molecular formula is C12H16O2. The quantitative estimate of drug-likeness (QED) is 0.799. The molecule has 2 heteroatoms. The van der Waals surface area contributed by atoms with Gasteiger partial charge in [-0.2, -0.15) is 0 Å². The van der Waals surface area contributed by atoms with Gasteiger partial charge in [-0.05, 0) is 11.1 Å². The van der Waals surface area contributed by atoms with E-state index < -0.39 is 5.97 Å². The molecule has 0 amide bonds. The van der Waals surface area contributed by atoms with Crippen molar-refractivity contribution in [2.75, 3.05) is 0 Å². The lowest BCUT2D eigenvalue weighted by atomic mass is 10.1. The molecule has 0 atom stereocenters. The molecule has 0 aromatic heterocycles. The minimum atomic E-state index is -0.804. The Morgan fingerprint density at radius 1 is 1.36 bits per heavy atom. The van der Waals surface area contributed by atoms with Crippen molar-refractivity contribution in [1.29, 1.82) is 0 Å². The molecular weight excluding hydrogens is 176 g/mol. The summed E-state index contributed by atoms with van der Waals surface area (Å²) in [5, 5.41) is 8.47. The summed E-state index contributed by atoms with van der Waals surface area (Å²) in [5.74, 6) is -0.804. The van der Waals surface area contributed by atoms with Crippen molar-refractivity contribution < 1.29 is 9.90 Å². The van der Waals surface area contributed by atoms with Gasteiger partial charge in [-0.3, -0.25) is 4.79 Å². The van der Waals surface area contributed by atoms with E-state index in [-0.39, 0.29) is 6.42 Å². The average Bonchev–Trinajstić information content (AvgIpc) is 2.21. The van der Waals surface area contributed by atoms with Crippen molar-refractivity contribution in [2.45, 2.75) is 20.3 Å². The van der Waals surface area contributed by atoms with Gasteiger partial charge in [-0.25, -0.2) is 0 Å². The Morgan fingerprint density at radius 3 is 2.21 bits per heavy atom. The number of aliphatic carboxylic acids is 1. The zero-order valence-electron chi connectivity index (χ0n) is 8.66. The van der Waals surface area contributed by atoms with Gasteiger partial charge in [0.15, 0.2) is 0 Å². The summed E-state index contributed by atoms with van der Waals surface area (Å²) < 4.78 is 0. The molecule has 0 saturated carbocycles. The Hall–Kier alpha value is -1.57. The molecule has 0 unspecified atom stereocenters. The highest BCUT2D eigenvalue weighted by Crippen LogP contribution is 2.05. The van der Waals surface area contributed by atoms with Crippen LogP contribution in [0.3, 0.4) is 0 Å². The van der Waals surface area contributed by atoms with Gasteiger partial charge in [0.1, 0.15) is 0 Å². The SMILES string of the molecule is C=Cc1ccc(CC(=O)O)cc1.CC. The van der Waals surface area contributed by atoms with Crippen LogP contribution >= 0.6 is 0 Å². The van der Waals surface area contributed by atoms with Gasteiger partial charge >= 0.3 is 5.97 Å². The summed E-state index contributed by atoms with van der Waals surface area (Å²) in [4.78, 5) is 10.3. The lowest BCUT2D eigenvalue weighted by Crippen LogP contribution is -1.99. The molecule has 76 valence electrons. The zero-order valence-corrected chi connectivity index (χ0v) is 8.66. The van der Waals surface area contributed by atoms with Gasteiger partial charge in [0.05, 0.1) is 6.42 Å². The molecule has 0 heterocycles.